The van der Waals surface area contributed by atoms with Crippen LogP contribution in [0.1, 0.15) is 6.92 Å². The molecule has 9 heteroatoms. The van der Waals surface area contributed by atoms with Gasteiger partial charge in [-0.05, 0) is 25.1 Å². The van der Waals surface area contributed by atoms with Gasteiger partial charge in [-0.15, -0.1) is 0 Å². The fourth-order valence-corrected chi connectivity index (χ4v) is 3.34. The third kappa shape index (κ3) is 4.78. The van der Waals surface area contributed by atoms with E-state index in [9.17, 15) is 14.4 Å². The van der Waals surface area contributed by atoms with Crippen LogP contribution in [-0.2, 0) is 16.1 Å². The van der Waals surface area contributed by atoms with E-state index in [1.165, 1.54) is 10.7 Å². The molecule has 0 saturated carbocycles. The summed E-state index contributed by atoms with van der Waals surface area (Å²) in [5, 5.41) is 4.34. The number of aromatic nitrogens is 2. The first-order chi connectivity index (χ1) is 13.5. The predicted octanol–water partition coefficient (Wildman–Crippen LogP) is 1.97. The fraction of sp³-hybridized carbons (Fsp3) is 0.368. The van der Waals surface area contributed by atoms with Crippen LogP contribution in [0.5, 0.6) is 0 Å². The Labute approximate surface area is 170 Å². The van der Waals surface area contributed by atoms with Crippen LogP contribution in [0.4, 0.5) is 4.79 Å². The molecule has 2 amide bonds. The van der Waals surface area contributed by atoms with Crippen LogP contribution in [0.15, 0.2) is 45.7 Å². The van der Waals surface area contributed by atoms with Crippen LogP contribution < -0.4 is 5.56 Å². The van der Waals surface area contributed by atoms with Gasteiger partial charge in [-0.25, -0.2) is 9.48 Å². The van der Waals surface area contributed by atoms with E-state index < -0.39 is 0 Å². The summed E-state index contributed by atoms with van der Waals surface area (Å²) in [6.07, 6.45) is -0.366. The number of halogens is 1. The van der Waals surface area contributed by atoms with Crippen molar-refractivity contribution in [3.05, 3.63) is 51.2 Å². The second-order valence-electron chi connectivity index (χ2n) is 6.29. The zero-order valence-electron chi connectivity index (χ0n) is 15.5. The monoisotopic (exact) mass is 448 g/mol. The number of benzene rings is 1. The smallest absolute Gasteiger partial charge is 0.409 e. The molecule has 0 spiro atoms. The van der Waals surface area contributed by atoms with Crippen LogP contribution in [-0.4, -0.2) is 64.4 Å². The highest BCUT2D eigenvalue weighted by Crippen LogP contribution is 2.20. The van der Waals surface area contributed by atoms with Crippen molar-refractivity contribution in [1.29, 1.82) is 0 Å². The Kier molecular flexibility index (Phi) is 6.45. The van der Waals surface area contributed by atoms with E-state index in [0.29, 0.717) is 38.5 Å². The van der Waals surface area contributed by atoms with E-state index in [1.807, 2.05) is 24.3 Å². The zero-order chi connectivity index (χ0) is 20.1. The Balaban J connectivity index is 1.67. The van der Waals surface area contributed by atoms with Gasteiger partial charge in [-0.2, -0.15) is 5.10 Å². The summed E-state index contributed by atoms with van der Waals surface area (Å²) in [6, 6.07) is 10.6. The van der Waals surface area contributed by atoms with Gasteiger partial charge < -0.3 is 14.5 Å². The molecule has 1 fully saturated rings. The lowest BCUT2D eigenvalue weighted by Gasteiger charge is -2.34. The normalized spacial score (nSPS) is 14.1. The molecule has 0 aliphatic carbocycles. The van der Waals surface area contributed by atoms with E-state index in [2.05, 4.69) is 21.0 Å². The maximum absolute atomic E-state index is 12.6. The van der Waals surface area contributed by atoms with Gasteiger partial charge in [0.2, 0.25) is 5.91 Å². The molecule has 1 aliphatic heterocycles. The Bertz CT molecular complexity index is 922. The van der Waals surface area contributed by atoms with Gasteiger partial charge in [0.25, 0.3) is 5.56 Å². The van der Waals surface area contributed by atoms with Crippen molar-refractivity contribution in [3.8, 4) is 11.3 Å². The molecule has 8 nitrogen and oxygen atoms in total. The molecule has 2 heterocycles. The maximum Gasteiger partial charge on any atom is 0.409 e. The molecule has 0 N–H and O–H groups in total. The molecule has 0 bridgehead atoms. The van der Waals surface area contributed by atoms with Crippen LogP contribution in [0.25, 0.3) is 11.3 Å². The van der Waals surface area contributed by atoms with Gasteiger partial charge in [-0.3, -0.25) is 9.59 Å². The quantitative estimate of drug-likeness (QED) is 0.713. The van der Waals surface area contributed by atoms with Gasteiger partial charge >= 0.3 is 6.09 Å². The molecule has 1 aromatic carbocycles. The third-order valence-electron chi connectivity index (χ3n) is 4.43. The number of rotatable bonds is 4. The standard InChI is InChI=1S/C19H21BrN4O4/c1-2-28-19(27)23-10-8-22(9-11-23)18(26)13-24-17(25)7-6-16(21-24)14-4-3-5-15(20)12-14/h3-7,12H,2,8-11,13H2,1H3. The van der Waals surface area contributed by atoms with Crippen molar-refractivity contribution >= 4 is 27.9 Å². The zero-order valence-corrected chi connectivity index (χ0v) is 17.1. The molecule has 0 atom stereocenters. The average Bonchev–Trinajstić information content (AvgIpc) is 2.70. The number of nitrogens with zero attached hydrogens (tertiary/aromatic N) is 4. The third-order valence-corrected chi connectivity index (χ3v) is 4.92. The van der Waals surface area contributed by atoms with Gasteiger partial charge in [-0.1, -0.05) is 28.1 Å². The number of amides is 2. The van der Waals surface area contributed by atoms with Crippen molar-refractivity contribution in [2.24, 2.45) is 0 Å². The van der Waals surface area contributed by atoms with Crippen LogP contribution in [0, 0.1) is 0 Å². The summed E-state index contributed by atoms with van der Waals surface area (Å²) in [5.74, 6) is -0.204. The molecule has 0 radical (unpaired) electrons. The average molecular weight is 449 g/mol. The summed E-state index contributed by atoms with van der Waals surface area (Å²) in [5.41, 5.74) is 1.12. The first-order valence-electron chi connectivity index (χ1n) is 9.01. The molecule has 2 aromatic rings. The van der Waals surface area contributed by atoms with Crippen molar-refractivity contribution in [2.75, 3.05) is 32.8 Å². The molecule has 3 rings (SSSR count). The molecule has 1 aromatic heterocycles. The maximum atomic E-state index is 12.6. The van der Waals surface area contributed by atoms with E-state index >= 15 is 0 Å². The number of carbonyl (C=O) groups is 2. The highest BCUT2D eigenvalue weighted by atomic mass is 79.9. The van der Waals surface area contributed by atoms with Gasteiger partial charge in [0, 0.05) is 42.3 Å². The van der Waals surface area contributed by atoms with Crippen LogP contribution >= 0.6 is 15.9 Å². The summed E-state index contributed by atoms with van der Waals surface area (Å²) >= 11 is 3.42. The lowest BCUT2D eigenvalue weighted by atomic mass is 10.1. The Morgan fingerprint density at radius 1 is 1.11 bits per heavy atom. The first-order valence-corrected chi connectivity index (χ1v) is 9.81. The van der Waals surface area contributed by atoms with Crippen molar-refractivity contribution in [2.45, 2.75) is 13.5 Å². The van der Waals surface area contributed by atoms with E-state index in [-0.39, 0.29) is 24.1 Å². The van der Waals surface area contributed by atoms with E-state index in [1.54, 1.807) is 22.8 Å². The molecular weight excluding hydrogens is 428 g/mol. The second-order valence-corrected chi connectivity index (χ2v) is 7.21. The number of hydrogen-bond acceptors (Lipinski definition) is 5. The van der Waals surface area contributed by atoms with Crippen molar-refractivity contribution in [3.63, 3.8) is 0 Å². The van der Waals surface area contributed by atoms with Gasteiger partial charge in [0.15, 0.2) is 0 Å². The number of ether oxygens (including phenoxy) is 1. The van der Waals surface area contributed by atoms with Crippen molar-refractivity contribution < 1.29 is 14.3 Å². The van der Waals surface area contributed by atoms with E-state index in [0.717, 1.165) is 10.0 Å². The SMILES string of the molecule is CCOC(=O)N1CCN(C(=O)Cn2nc(-c3cccc(Br)c3)ccc2=O)CC1. The van der Waals surface area contributed by atoms with Crippen LogP contribution in [0.2, 0.25) is 0 Å². The molecule has 148 valence electrons. The lowest BCUT2D eigenvalue weighted by Crippen LogP contribution is -2.51. The Morgan fingerprint density at radius 3 is 2.50 bits per heavy atom. The highest BCUT2D eigenvalue weighted by Gasteiger charge is 2.25. The van der Waals surface area contributed by atoms with Gasteiger partial charge in [0.05, 0.1) is 12.3 Å². The van der Waals surface area contributed by atoms with Crippen LogP contribution in [0.3, 0.4) is 0 Å². The molecule has 0 unspecified atom stereocenters. The lowest BCUT2D eigenvalue weighted by molar-refractivity contribution is -0.133. The Morgan fingerprint density at radius 2 is 1.82 bits per heavy atom. The minimum atomic E-state index is -0.366. The molecule has 28 heavy (non-hydrogen) atoms. The highest BCUT2D eigenvalue weighted by molar-refractivity contribution is 9.10. The fourth-order valence-electron chi connectivity index (χ4n) is 2.95. The summed E-state index contributed by atoms with van der Waals surface area (Å²) < 4.78 is 7.06. The molecule has 1 aliphatic rings. The number of hydrogen-bond donors (Lipinski definition) is 0. The summed E-state index contributed by atoms with van der Waals surface area (Å²) in [6.45, 7) is 3.55. The minimum Gasteiger partial charge on any atom is -0.450 e. The second kappa shape index (κ2) is 9.01. The molecule has 1 saturated heterocycles. The predicted molar refractivity (Wildman–Crippen MR) is 107 cm³/mol. The van der Waals surface area contributed by atoms with E-state index in [4.69, 9.17) is 4.74 Å². The largest absolute Gasteiger partial charge is 0.450 e. The molecular formula is C19H21BrN4O4. The van der Waals surface area contributed by atoms with Crippen molar-refractivity contribution in [1.82, 2.24) is 19.6 Å². The number of piperazine rings is 1. The number of carbonyl (C=O) groups excluding carboxylic acids is 2. The topological polar surface area (TPSA) is 84.7 Å². The minimum absolute atomic E-state index is 0.139. The first kappa shape index (κ1) is 20.1. The van der Waals surface area contributed by atoms with Gasteiger partial charge in [0.1, 0.15) is 6.54 Å². The Hall–Kier alpha value is -2.68. The summed E-state index contributed by atoms with van der Waals surface area (Å²) in [4.78, 5) is 39.7. The summed E-state index contributed by atoms with van der Waals surface area (Å²) in [7, 11) is 0.